The lowest BCUT2D eigenvalue weighted by atomic mass is 10.2. The predicted octanol–water partition coefficient (Wildman–Crippen LogP) is 2.88. The molecule has 0 radical (unpaired) electrons. The highest BCUT2D eigenvalue weighted by Crippen LogP contribution is 2.00. The molecule has 0 fully saturated rings. The molecule has 0 heterocycles. The van der Waals surface area contributed by atoms with E-state index < -0.39 is 17.7 Å². The molecule has 0 amide bonds. The lowest BCUT2D eigenvalue weighted by molar-refractivity contribution is -0.141. The minimum atomic E-state index is -0.757. The van der Waals surface area contributed by atoms with E-state index in [2.05, 4.69) is 29.2 Å². The number of rotatable bonds is 6. The summed E-state index contributed by atoms with van der Waals surface area (Å²) >= 11 is 0. The van der Waals surface area contributed by atoms with Crippen molar-refractivity contribution in [1.29, 1.82) is 0 Å². The number of hydrogen-bond acceptors (Lipinski definition) is 7. The Hall–Kier alpha value is -3.35. The van der Waals surface area contributed by atoms with Crippen LogP contribution in [0.5, 0.6) is 0 Å². The Kier molecular flexibility index (Phi) is 15.8. The number of aliphatic hydroxyl groups is 1. The molecule has 0 aromatic heterocycles. The van der Waals surface area contributed by atoms with Crippen LogP contribution in [0, 0.1) is 0 Å². The lowest BCUT2D eigenvalue weighted by Gasteiger charge is -2.00. The summed E-state index contributed by atoms with van der Waals surface area (Å²) in [5.41, 5.74) is 0.979. The van der Waals surface area contributed by atoms with Gasteiger partial charge in [-0.25, -0.2) is 14.4 Å². The predicted molar refractivity (Wildman–Crippen MR) is 97.0 cm³/mol. The maximum Gasteiger partial charge on any atom is 0.372 e. The molecule has 0 atom stereocenters. The summed E-state index contributed by atoms with van der Waals surface area (Å²) in [5.74, 6) is -2.09. The number of aliphatic hydroxyl groups excluding tert-OH is 1. The third kappa shape index (κ3) is 15.5. The molecule has 0 saturated carbocycles. The average Bonchev–Trinajstić information content (AvgIpc) is 2.67. The summed E-state index contributed by atoms with van der Waals surface area (Å²) < 4.78 is 13.3. The molecule has 0 unspecified atom stereocenters. The Labute approximate surface area is 153 Å². The molecular formula is C19H24O7. The first-order valence-electron chi connectivity index (χ1n) is 7.40. The van der Waals surface area contributed by atoms with E-state index in [9.17, 15) is 14.4 Å². The van der Waals surface area contributed by atoms with Gasteiger partial charge in [0.2, 0.25) is 0 Å². The van der Waals surface area contributed by atoms with Crippen LogP contribution in [0.25, 0.3) is 0 Å². The molecule has 1 aromatic carbocycles. The van der Waals surface area contributed by atoms with Crippen LogP contribution in [0.15, 0.2) is 68.0 Å². The van der Waals surface area contributed by atoms with Gasteiger partial charge < -0.3 is 19.3 Å². The van der Waals surface area contributed by atoms with E-state index in [0.717, 1.165) is 17.7 Å². The molecule has 142 valence electrons. The van der Waals surface area contributed by atoms with Crippen molar-refractivity contribution in [2.45, 2.75) is 13.5 Å². The molecule has 0 aliphatic carbocycles. The van der Waals surface area contributed by atoms with Gasteiger partial charge in [-0.1, -0.05) is 43.5 Å². The Balaban J connectivity index is 0. The molecule has 0 bridgehead atoms. The van der Waals surface area contributed by atoms with Crippen LogP contribution in [-0.4, -0.2) is 36.7 Å². The number of carbonyl (C=O) groups excluding carboxylic acids is 3. The number of hydrogen-bond donors (Lipinski definition) is 1. The molecule has 26 heavy (non-hydrogen) atoms. The number of ether oxygens (including phenoxy) is 3. The molecule has 7 heteroatoms. The van der Waals surface area contributed by atoms with Crippen LogP contribution in [0.3, 0.4) is 0 Å². The quantitative estimate of drug-likeness (QED) is 0.358. The van der Waals surface area contributed by atoms with Gasteiger partial charge in [-0.15, -0.1) is 0 Å². The molecule has 0 aliphatic heterocycles. The van der Waals surface area contributed by atoms with Crippen LogP contribution in [0.4, 0.5) is 0 Å². The van der Waals surface area contributed by atoms with Crippen molar-refractivity contribution in [2.24, 2.45) is 0 Å². The first kappa shape index (κ1) is 24.9. The van der Waals surface area contributed by atoms with E-state index in [1.807, 2.05) is 30.3 Å². The normalized spacial score (nSPS) is 8.23. The van der Waals surface area contributed by atoms with Crippen LogP contribution < -0.4 is 0 Å². The van der Waals surface area contributed by atoms with E-state index in [-0.39, 0.29) is 12.6 Å². The Bertz CT molecular complexity index is 591. The Morgan fingerprint density at radius 1 is 1.04 bits per heavy atom. The van der Waals surface area contributed by atoms with E-state index in [1.165, 1.54) is 7.11 Å². The van der Waals surface area contributed by atoms with Crippen molar-refractivity contribution >= 4 is 17.9 Å². The van der Waals surface area contributed by atoms with Crippen molar-refractivity contribution < 1.29 is 33.7 Å². The SMILES string of the molecule is C=C(O)C(=O)OCC.C=CC(=O)OC.C=CC(=O)OCc1ccccc1. The van der Waals surface area contributed by atoms with Gasteiger partial charge in [0.15, 0.2) is 5.76 Å². The van der Waals surface area contributed by atoms with Gasteiger partial charge in [0.05, 0.1) is 13.7 Å². The minimum Gasteiger partial charge on any atom is -0.502 e. The third-order valence-corrected chi connectivity index (χ3v) is 2.27. The van der Waals surface area contributed by atoms with Crippen LogP contribution in [0.2, 0.25) is 0 Å². The summed E-state index contributed by atoms with van der Waals surface area (Å²) in [6.45, 7) is 11.6. The fraction of sp³-hybridized carbons (Fsp3) is 0.211. The third-order valence-electron chi connectivity index (χ3n) is 2.27. The van der Waals surface area contributed by atoms with Gasteiger partial charge in [0.25, 0.3) is 0 Å². The zero-order chi connectivity index (χ0) is 20.4. The molecule has 0 saturated heterocycles. The monoisotopic (exact) mass is 364 g/mol. The van der Waals surface area contributed by atoms with Gasteiger partial charge in [0.1, 0.15) is 6.61 Å². The molecule has 1 N–H and O–H groups in total. The number of methoxy groups -OCH3 is 1. The van der Waals surface area contributed by atoms with Crippen molar-refractivity contribution in [3.05, 3.63) is 73.5 Å². The van der Waals surface area contributed by atoms with Gasteiger partial charge in [0, 0.05) is 12.2 Å². The first-order valence-corrected chi connectivity index (χ1v) is 7.40. The lowest BCUT2D eigenvalue weighted by Crippen LogP contribution is -2.05. The summed E-state index contributed by atoms with van der Waals surface area (Å²) in [7, 11) is 1.31. The molecular weight excluding hydrogens is 340 g/mol. The maximum absolute atomic E-state index is 10.6. The Morgan fingerprint density at radius 2 is 1.58 bits per heavy atom. The second-order valence-corrected chi connectivity index (χ2v) is 4.19. The fourth-order valence-corrected chi connectivity index (χ4v) is 1.09. The number of benzene rings is 1. The van der Waals surface area contributed by atoms with Crippen molar-refractivity contribution in [3.8, 4) is 0 Å². The second kappa shape index (κ2) is 16.5. The van der Waals surface area contributed by atoms with Gasteiger partial charge >= 0.3 is 17.9 Å². The first-order chi connectivity index (χ1) is 12.3. The number of esters is 3. The highest BCUT2D eigenvalue weighted by molar-refractivity contribution is 5.84. The average molecular weight is 364 g/mol. The number of carbonyl (C=O) groups is 3. The zero-order valence-corrected chi connectivity index (χ0v) is 15.0. The minimum absolute atomic E-state index is 0.262. The molecule has 7 nitrogen and oxygen atoms in total. The van der Waals surface area contributed by atoms with Gasteiger partial charge in [-0.2, -0.15) is 0 Å². The second-order valence-electron chi connectivity index (χ2n) is 4.19. The summed E-state index contributed by atoms with van der Waals surface area (Å²) in [4.78, 5) is 30.7. The van der Waals surface area contributed by atoms with E-state index >= 15 is 0 Å². The van der Waals surface area contributed by atoms with Crippen molar-refractivity contribution in [3.63, 3.8) is 0 Å². The smallest absolute Gasteiger partial charge is 0.372 e. The van der Waals surface area contributed by atoms with Crippen LogP contribution in [0.1, 0.15) is 12.5 Å². The van der Waals surface area contributed by atoms with E-state index in [4.69, 9.17) is 9.84 Å². The Morgan fingerprint density at radius 3 is 1.88 bits per heavy atom. The maximum atomic E-state index is 10.6. The van der Waals surface area contributed by atoms with Crippen molar-refractivity contribution in [2.75, 3.05) is 13.7 Å². The summed E-state index contributed by atoms with van der Waals surface area (Å²) in [6, 6.07) is 9.51. The highest BCUT2D eigenvalue weighted by Gasteiger charge is 2.01. The van der Waals surface area contributed by atoms with Gasteiger partial charge in [-0.3, -0.25) is 0 Å². The molecule has 1 aromatic rings. The zero-order valence-electron chi connectivity index (χ0n) is 15.0. The topological polar surface area (TPSA) is 99.1 Å². The summed E-state index contributed by atoms with van der Waals surface area (Å²) in [5, 5.41) is 8.28. The fourth-order valence-electron chi connectivity index (χ4n) is 1.09. The molecule has 1 rings (SSSR count). The van der Waals surface area contributed by atoms with E-state index in [0.29, 0.717) is 6.61 Å². The highest BCUT2D eigenvalue weighted by atomic mass is 16.5. The van der Waals surface area contributed by atoms with E-state index in [1.54, 1.807) is 6.92 Å². The molecule has 0 aliphatic rings. The van der Waals surface area contributed by atoms with Gasteiger partial charge in [-0.05, 0) is 19.1 Å². The van der Waals surface area contributed by atoms with Crippen molar-refractivity contribution in [1.82, 2.24) is 0 Å². The largest absolute Gasteiger partial charge is 0.502 e. The molecule has 0 spiro atoms. The summed E-state index contributed by atoms with van der Waals surface area (Å²) in [6.07, 6.45) is 2.27. The van der Waals surface area contributed by atoms with Crippen LogP contribution in [-0.2, 0) is 35.2 Å². The standard InChI is InChI=1S/C10H10O2.C5H8O3.C4H6O2/c1-2-10(11)12-8-9-6-4-3-5-7-9;1-3-8-5(7)4(2)6;1-3-4(5)6-2/h2-7H,1,8H2;6H,2-3H2,1H3;3H,1H2,2H3. The van der Waals surface area contributed by atoms with Crippen LogP contribution >= 0.6 is 0 Å².